The molecule has 0 aromatic heterocycles. The molecular weight excluding hydrogens is 559 g/mol. The van der Waals surface area contributed by atoms with Gasteiger partial charge in [0.25, 0.3) is 0 Å². The molecule has 0 radical (unpaired) electrons. The van der Waals surface area contributed by atoms with Crippen molar-refractivity contribution >= 4 is 58.4 Å². The molecule has 0 saturated heterocycles. The Morgan fingerprint density at radius 1 is 0.895 bits per heavy atom. The number of rotatable bonds is 11. The Balaban J connectivity index is 1.57. The summed E-state index contributed by atoms with van der Waals surface area (Å²) in [4.78, 5) is 29.2. The molecule has 1 saturated carbocycles. The predicted octanol–water partition coefficient (Wildman–Crippen LogP) is 7.58. The molecule has 2 amide bonds. The fourth-order valence-corrected chi connectivity index (χ4v) is 6.37. The van der Waals surface area contributed by atoms with E-state index >= 15 is 0 Å². The van der Waals surface area contributed by atoms with Gasteiger partial charge in [-0.25, -0.2) is 0 Å². The van der Waals surface area contributed by atoms with Crippen molar-refractivity contribution in [2.24, 2.45) is 0 Å². The molecule has 0 spiro atoms. The average Bonchev–Trinajstić information content (AvgIpc) is 3.42. The number of hydrogen-bond donors (Lipinski definition) is 1. The van der Waals surface area contributed by atoms with Gasteiger partial charge in [-0.2, -0.15) is 0 Å². The molecule has 3 aromatic rings. The van der Waals surface area contributed by atoms with E-state index in [2.05, 4.69) is 5.32 Å². The second kappa shape index (κ2) is 14.3. The first-order valence-electron chi connectivity index (χ1n) is 12.8. The number of carbonyl (C=O) groups excluding carboxylic acids is 2. The van der Waals surface area contributed by atoms with E-state index in [1.54, 1.807) is 17.0 Å². The topological polar surface area (TPSA) is 49.4 Å². The van der Waals surface area contributed by atoms with Crippen molar-refractivity contribution < 1.29 is 9.59 Å². The van der Waals surface area contributed by atoms with Crippen LogP contribution in [0.25, 0.3) is 0 Å². The van der Waals surface area contributed by atoms with Gasteiger partial charge in [0.1, 0.15) is 6.04 Å². The van der Waals surface area contributed by atoms with Crippen LogP contribution in [-0.4, -0.2) is 34.6 Å². The van der Waals surface area contributed by atoms with Crippen molar-refractivity contribution in [2.75, 3.05) is 5.75 Å². The van der Waals surface area contributed by atoms with E-state index in [1.807, 2.05) is 60.7 Å². The van der Waals surface area contributed by atoms with Crippen LogP contribution in [0.2, 0.25) is 15.1 Å². The van der Waals surface area contributed by atoms with Crippen LogP contribution in [-0.2, 0) is 28.3 Å². The summed E-state index contributed by atoms with van der Waals surface area (Å²) in [5, 5.41) is 4.94. The van der Waals surface area contributed by atoms with Crippen LogP contribution < -0.4 is 5.32 Å². The molecule has 8 heteroatoms. The van der Waals surface area contributed by atoms with E-state index < -0.39 is 6.04 Å². The highest BCUT2D eigenvalue weighted by Gasteiger charge is 2.32. The third-order valence-corrected chi connectivity index (χ3v) is 8.69. The van der Waals surface area contributed by atoms with Crippen LogP contribution in [0.4, 0.5) is 0 Å². The highest BCUT2D eigenvalue weighted by molar-refractivity contribution is 7.99. The summed E-state index contributed by atoms with van der Waals surface area (Å²) in [7, 11) is 0. The van der Waals surface area contributed by atoms with Crippen LogP contribution >= 0.6 is 46.6 Å². The highest BCUT2D eigenvalue weighted by atomic mass is 35.5. The van der Waals surface area contributed by atoms with Crippen LogP contribution in [0.5, 0.6) is 0 Å². The smallest absolute Gasteiger partial charge is 0.243 e. The summed E-state index contributed by atoms with van der Waals surface area (Å²) in [6.07, 6.45) is 4.59. The average molecular weight is 590 g/mol. The third-order valence-electron chi connectivity index (χ3n) is 6.77. The summed E-state index contributed by atoms with van der Waals surface area (Å²) in [5.41, 5.74) is 2.71. The summed E-state index contributed by atoms with van der Waals surface area (Å²) in [6.45, 7) is 0.246. The van der Waals surface area contributed by atoms with Crippen molar-refractivity contribution in [3.05, 3.63) is 105 Å². The molecule has 1 unspecified atom stereocenters. The van der Waals surface area contributed by atoms with Crippen molar-refractivity contribution in [3.63, 3.8) is 0 Å². The summed E-state index contributed by atoms with van der Waals surface area (Å²) in [5.74, 6) is 0.513. The molecule has 0 bridgehead atoms. The van der Waals surface area contributed by atoms with Gasteiger partial charge in [0, 0.05) is 39.8 Å². The van der Waals surface area contributed by atoms with Crippen LogP contribution in [0.3, 0.4) is 0 Å². The zero-order chi connectivity index (χ0) is 26.9. The number of carbonyl (C=O) groups is 2. The quantitative estimate of drug-likeness (QED) is 0.251. The van der Waals surface area contributed by atoms with Gasteiger partial charge in [-0.15, -0.1) is 11.8 Å². The molecule has 4 rings (SSSR count). The predicted molar refractivity (Wildman–Crippen MR) is 159 cm³/mol. The van der Waals surface area contributed by atoms with Gasteiger partial charge in [0.2, 0.25) is 11.8 Å². The molecule has 1 aliphatic carbocycles. The molecule has 0 aliphatic heterocycles. The van der Waals surface area contributed by atoms with Crippen molar-refractivity contribution in [1.29, 1.82) is 0 Å². The van der Waals surface area contributed by atoms with Crippen LogP contribution in [0, 0.1) is 0 Å². The van der Waals surface area contributed by atoms with E-state index in [1.165, 1.54) is 11.8 Å². The van der Waals surface area contributed by atoms with Gasteiger partial charge in [0.05, 0.1) is 5.75 Å². The van der Waals surface area contributed by atoms with Gasteiger partial charge < -0.3 is 10.2 Å². The SMILES string of the molecule is O=C(NC1CCCC1)C(Cc1ccccc1)N(Cc1ccccc1Cl)C(=O)CSCc1ccc(Cl)cc1Cl. The maximum absolute atomic E-state index is 13.8. The molecule has 1 atom stereocenters. The molecule has 200 valence electrons. The summed E-state index contributed by atoms with van der Waals surface area (Å²) < 4.78 is 0. The molecule has 4 nitrogen and oxygen atoms in total. The van der Waals surface area contributed by atoms with Gasteiger partial charge >= 0.3 is 0 Å². The molecule has 38 heavy (non-hydrogen) atoms. The first-order valence-corrected chi connectivity index (χ1v) is 15.1. The number of thioether (sulfide) groups is 1. The summed E-state index contributed by atoms with van der Waals surface area (Å²) in [6, 6.07) is 22.1. The fraction of sp³-hybridized carbons (Fsp3) is 0.333. The summed E-state index contributed by atoms with van der Waals surface area (Å²) >= 11 is 20.3. The lowest BCUT2D eigenvalue weighted by atomic mass is 10.0. The number of benzene rings is 3. The van der Waals surface area contributed by atoms with Gasteiger partial charge in [-0.1, -0.05) is 102 Å². The Kier molecular flexibility index (Phi) is 10.8. The Hall–Kier alpha value is -2.18. The Labute approximate surface area is 244 Å². The van der Waals surface area contributed by atoms with Gasteiger partial charge in [-0.3, -0.25) is 9.59 Å². The zero-order valence-electron chi connectivity index (χ0n) is 21.0. The highest BCUT2D eigenvalue weighted by Crippen LogP contribution is 2.26. The minimum Gasteiger partial charge on any atom is -0.352 e. The molecule has 1 aliphatic rings. The first kappa shape index (κ1) is 28.8. The van der Waals surface area contributed by atoms with Crippen molar-refractivity contribution in [1.82, 2.24) is 10.2 Å². The monoisotopic (exact) mass is 588 g/mol. The molecule has 0 heterocycles. The Morgan fingerprint density at radius 3 is 2.32 bits per heavy atom. The van der Waals surface area contributed by atoms with E-state index in [4.69, 9.17) is 34.8 Å². The number of hydrogen-bond acceptors (Lipinski definition) is 3. The second-order valence-electron chi connectivity index (χ2n) is 9.54. The first-order chi connectivity index (χ1) is 18.4. The van der Waals surface area contributed by atoms with E-state index in [9.17, 15) is 9.59 Å². The second-order valence-corrected chi connectivity index (χ2v) is 11.8. The minimum atomic E-state index is -0.665. The normalized spacial score (nSPS) is 14.3. The van der Waals surface area contributed by atoms with E-state index in [-0.39, 0.29) is 30.2 Å². The van der Waals surface area contributed by atoms with Crippen molar-refractivity contribution in [2.45, 2.75) is 56.5 Å². The van der Waals surface area contributed by atoms with E-state index in [0.717, 1.165) is 42.4 Å². The van der Waals surface area contributed by atoms with Crippen LogP contribution in [0.15, 0.2) is 72.8 Å². The van der Waals surface area contributed by atoms with Crippen LogP contribution in [0.1, 0.15) is 42.4 Å². The number of nitrogens with one attached hydrogen (secondary N) is 1. The molecule has 1 N–H and O–H groups in total. The number of amides is 2. The fourth-order valence-electron chi connectivity index (χ4n) is 4.70. The molecule has 1 fully saturated rings. The standard InChI is InChI=1S/C30H31Cl3N2O2S/c31-24-15-14-23(27(33)17-24)19-38-20-29(36)35(18-22-10-4-7-13-26(22)32)28(16-21-8-2-1-3-9-21)30(37)34-25-11-5-6-12-25/h1-4,7-10,13-15,17,25,28H,5-6,11-12,16,18-20H2,(H,34,37). The van der Waals surface area contributed by atoms with Gasteiger partial charge in [0.15, 0.2) is 0 Å². The zero-order valence-corrected chi connectivity index (χ0v) is 24.1. The lowest BCUT2D eigenvalue weighted by molar-refractivity contribution is -0.139. The number of halogens is 3. The van der Waals surface area contributed by atoms with Gasteiger partial charge in [-0.05, 0) is 47.7 Å². The molecule has 3 aromatic carbocycles. The minimum absolute atomic E-state index is 0.119. The Bertz CT molecular complexity index is 1240. The number of nitrogens with zero attached hydrogens (tertiary/aromatic N) is 1. The third kappa shape index (κ3) is 8.16. The maximum atomic E-state index is 13.8. The van der Waals surface area contributed by atoms with E-state index in [0.29, 0.717) is 27.2 Å². The lowest BCUT2D eigenvalue weighted by Gasteiger charge is -2.32. The van der Waals surface area contributed by atoms with Crippen molar-refractivity contribution in [3.8, 4) is 0 Å². The maximum Gasteiger partial charge on any atom is 0.243 e. The largest absolute Gasteiger partial charge is 0.352 e. The lowest BCUT2D eigenvalue weighted by Crippen LogP contribution is -2.52. The Morgan fingerprint density at radius 2 is 1.61 bits per heavy atom. The molecular formula is C30H31Cl3N2O2S.